The van der Waals surface area contributed by atoms with Gasteiger partial charge < -0.3 is 14.4 Å². The monoisotopic (exact) mass is 332 g/mol. The maximum atomic E-state index is 12.1. The van der Waals surface area contributed by atoms with E-state index in [1.165, 1.54) is 11.8 Å². The molecule has 0 aliphatic carbocycles. The summed E-state index contributed by atoms with van der Waals surface area (Å²) in [5, 5.41) is 0.785. The number of carbonyl (C=O) groups excluding carboxylic acids is 1. The smallest absolute Gasteiger partial charge is 0.286 e. The summed E-state index contributed by atoms with van der Waals surface area (Å²) in [7, 11) is 0. The molecule has 6 heteroatoms. The van der Waals surface area contributed by atoms with Gasteiger partial charge in [-0.25, -0.2) is 0 Å². The van der Waals surface area contributed by atoms with Crippen molar-refractivity contribution in [1.82, 2.24) is 4.90 Å². The van der Waals surface area contributed by atoms with E-state index in [4.69, 9.17) is 9.47 Å². The molecule has 3 rings (SSSR count). The largest absolute Gasteiger partial charge is 0.494 e. The van der Waals surface area contributed by atoms with Crippen LogP contribution in [0.4, 0.5) is 0 Å². The topological polar surface area (TPSA) is 51.1 Å². The molecule has 0 N–H and O–H groups in total. The Bertz CT molecular complexity index is 619. The van der Waals surface area contributed by atoms with Crippen LogP contribution in [-0.4, -0.2) is 48.9 Å². The normalized spacial score (nSPS) is 20.0. The molecule has 5 nitrogen and oxygen atoms in total. The number of carbonyl (C=O) groups is 1. The van der Waals surface area contributed by atoms with Gasteiger partial charge in [0.2, 0.25) is 0 Å². The van der Waals surface area contributed by atoms with E-state index < -0.39 is 0 Å². The Morgan fingerprint density at radius 3 is 2.74 bits per heavy atom. The number of hydrogen-bond acceptors (Lipinski definition) is 5. The molecule has 1 amide bonds. The number of amidine groups is 1. The van der Waals surface area contributed by atoms with E-state index in [0.29, 0.717) is 24.7 Å². The van der Waals surface area contributed by atoms with Crippen LogP contribution in [0, 0.1) is 0 Å². The molecule has 1 saturated heterocycles. The highest BCUT2D eigenvalue weighted by Crippen LogP contribution is 2.30. The summed E-state index contributed by atoms with van der Waals surface area (Å²) in [5.74, 6) is 0.687. The number of benzene rings is 1. The number of aliphatic imine (C=N–C) groups is 1. The molecular weight excluding hydrogens is 312 g/mol. The van der Waals surface area contributed by atoms with Gasteiger partial charge in [-0.1, -0.05) is 19.1 Å². The van der Waals surface area contributed by atoms with Crippen LogP contribution < -0.4 is 4.74 Å². The summed E-state index contributed by atoms with van der Waals surface area (Å²) in [6.07, 6.45) is 2.87. The fourth-order valence-electron chi connectivity index (χ4n) is 2.32. The summed E-state index contributed by atoms with van der Waals surface area (Å²) in [5.41, 5.74) is 0.975. The minimum Gasteiger partial charge on any atom is -0.494 e. The Morgan fingerprint density at radius 1 is 1.30 bits per heavy atom. The first-order valence-electron chi connectivity index (χ1n) is 7.84. The molecule has 1 aromatic carbocycles. The first kappa shape index (κ1) is 16.1. The van der Waals surface area contributed by atoms with Crippen molar-refractivity contribution in [3.63, 3.8) is 0 Å². The van der Waals surface area contributed by atoms with Gasteiger partial charge >= 0.3 is 0 Å². The quantitative estimate of drug-likeness (QED) is 0.794. The van der Waals surface area contributed by atoms with Gasteiger partial charge in [0.25, 0.3) is 5.91 Å². The highest BCUT2D eigenvalue weighted by atomic mass is 32.2. The summed E-state index contributed by atoms with van der Waals surface area (Å²) in [6.45, 7) is 5.74. The third-order valence-electron chi connectivity index (χ3n) is 3.54. The number of nitrogens with zero attached hydrogens (tertiary/aromatic N) is 2. The van der Waals surface area contributed by atoms with Crippen molar-refractivity contribution < 1.29 is 14.3 Å². The van der Waals surface area contributed by atoms with Crippen LogP contribution in [0.3, 0.4) is 0 Å². The third-order valence-corrected chi connectivity index (χ3v) is 4.59. The summed E-state index contributed by atoms with van der Waals surface area (Å²) in [4.78, 5) is 19.0. The minimum atomic E-state index is -0.164. The number of thioether (sulfide) groups is 1. The zero-order valence-corrected chi connectivity index (χ0v) is 14.0. The number of rotatable bonds is 4. The first-order valence-corrected chi connectivity index (χ1v) is 8.66. The second kappa shape index (κ2) is 7.66. The number of ether oxygens (including phenoxy) is 2. The lowest BCUT2D eigenvalue weighted by Crippen LogP contribution is -2.38. The molecule has 2 heterocycles. The SMILES string of the molecule is CCCOc1ccc(/C=C2/SC(N3CCOCC3)=NC2=O)cc1. The van der Waals surface area contributed by atoms with Crippen molar-refractivity contribution >= 4 is 28.9 Å². The zero-order chi connectivity index (χ0) is 16.1. The number of amides is 1. The van der Waals surface area contributed by atoms with Crippen LogP contribution in [0.5, 0.6) is 5.75 Å². The van der Waals surface area contributed by atoms with Gasteiger partial charge in [0.1, 0.15) is 5.75 Å². The van der Waals surface area contributed by atoms with Crippen LogP contribution in [0.1, 0.15) is 18.9 Å². The second-order valence-corrected chi connectivity index (χ2v) is 6.34. The average molecular weight is 332 g/mol. The standard InChI is InChI=1S/C17H20N2O3S/c1-2-9-22-14-5-3-13(4-6-14)12-15-16(20)18-17(23-15)19-7-10-21-11-8-19/h3-6,12H,2,7-11H2,1H3/b15-12+. The molecule has 122 valence electrons. The third kappa shape index (κ3) is 4.14. The van der Waals surface area contributed by atoms with Crippen molar-refractivity contribution in [3.05, 3.63) is 34.7 Å². The van der Waals surface area contributed by atoms with E-state index in [2.05, 4.69) is 16.8 Å². The Kier molecular flexibility index (Phi) is 5.35. The van der Waals surface area contributed by atoms with Gasteiger partial charge in [-0.05, 0) is 42.0 Å². The molecule has 23 heavy (non-hydrogen) atoms. The van der Waals surface area contributed by atoms with Gasteiger partial charge in [-0.15, -0.1) is 0 Å². The van der Waals surface area contributed by atoms with E-state index >= 15 is 0 Å². The first-order chi connectivity index (χ1) is 11.3. The van der Waals surface area contributed by atoms with Crippen molar-refractivity contribution in [3.8, 4) is 5.75 Å². The van der Waals surface area contributed by atoms with E-state index in [0.717, 1.165) is 36.0 Å². The lowest BCUT2D eigenvalue weighted by atomic mass is 10.2. The molecular formula is C17H20N2O3S. The van der Waals surface area contributed by atoms with Crippen LogP contribution >= 0.6 is 11.8 Å². The fraction of sp³-hybridized carbons (Fsp3) is 0.412. The van der Waals surface area contributed by atoms with Crippen LogP contribution in [0.15, 0.2) is 34.2 Å². The van der Waals surface area contributed by atoms with Crippen molar-refractivity contribution in [2.45, 2.75) is 13.3 Å². The lowest BCUT2D eigenvalue weighted by molar-refractivity contribution is -0.113. The highest BCUT2D eigenvalue weighted by molar-refractivity contribution is 8.18. The Balaban J connectivity index is 1.65. The van der Waals surface area contributed by atoms with Crippen LogP contribution in [0.2, 0.25) is 0 Å². The molecule has 0 saturated carbocycles. The van der Waals surface area contributed by atoms with Crippen LogP contribution in [0.25, 0.3) is 6.08 Å². The molecule has 0 aromatic heterocycles. The fourth-order valence-corrected chi connectivity index (χ4v) is 3.28. The molecule has 0 radical (unpaired) electrons. The minimum absolute atomic E-state index is 0.164. The summed E-state index contributed by atoms with van der Waals surface area (Å²) >= 11 is 1.44. The lowest BCUT2D eigenvalue weighted by Gasteiger charge is -2.27. The molecule has 2 aliphatic heterocycles. The van der Waals surface area contributed by atoms with Crippen molar-refractivity contribution in [1.29, 1.82) is 0 Å². The molecule has 1 fully saturated rings. The summed E-state index contributed by atoms with van der Waals surface area (Å²) in [6, 6.07) is 7.77. The maximum absolute atomic E-state index is 12.1. The van der Waals surface area contributed by atoms with Gasteiger partial charge in [0.15, 0.2) is 5.17 Å². The van der Waals surface area contributed by atoms with E-state index in [-0.39, 0.29) is 5.91 Å². The Hall–Kier alpha value is -1.79. The summed E-state index contributed by atoms with van der Waals surface area (Å²) < 4.78 is 10.9. The molecule has 0 atom stereocenters. The number of hydrogen-bond donors (Lipinski definition) is 0. The molecule has 2 aliphatic rings. The van der Waals surface area contributed by atoms with Crippen molar-refractivity contribution in [2.75, 3.05) is 32.9 Å². The van der Waals surface area contributed by atoms with Gasteiger partial charge in [0, 0.05) is 13.1 Å². The Morgan fingerprint density at radius 2 is 2.04 bits per heavy atom. The van der Waals surface area contributed by atoms with Gasteiger partial charge in [-0.3, -0.25) is 4.79 Å². The molecule has 0 spiro atoms. The van der Waals surface area contributed by atoms with Crippen molar-refractivity contribution in [2.24, 2.45) is 4.99 Å². The van der Waals surface area contributed by atoms with E-state index in [1.807, 2.05) is 30.3 Å². The second-order valence-electron chi connectivity index (χ2n) is 5.33. The zero-order valence-electron chi connectivity index (χ0n) is 13.2. The maximum Gasteiger partial charge on any atom is 0.286 e. The van der Waals surface area contributed by atoms with Gasteiger partial charge in [0.05, 0.1) is 24.7 Å². The molecule has 1 aromatic rings. The predicted molar refractivity (Wildman–Crippen MR) is 92.6 cm³/mol. The van der Waals surface area contributed by atoms with Crippen LogP contribution in [-0.2, 0) is 9.53 Å². The Labute approximate surface area is 140 Å². The molecule has 0 unspecified atom stereocenters. The predicted octanol–water partition coefficient (Wildman–Crippen LogP) is 2.78. The van der Waals surface area contributed by atoms with E-state index in [1.54, 1.807) is 0 Å². The number of morpholine rings is 1. The average Bonchev–Trinajstić information content (AvgIpc) is 2.96. The highest BCUT2D eigenvalue weighted by Gasteiger charge is 2.26. The van der Waals surface area contributed by atoms with Gasteiger partial charge in [-0.2, -0.15) is 4.99 Å². The molecule has 0 bridgehead atoms. The van der Waals surface area contributed by atoms with E-state index in [9.17, 15) is 4.79 Å².